The van der Waals surface area contributed by atoms with Gasteiger partial charge in [-0.2, -0.15) is 0 Å². The lowest BCUT2D eigenvalue weighted by atomic mass is 9.89. The van der Waals surface area contributed by atoms with Gasteiger partial charge in [0.25, 0.3) is 11.5 Å². The van der Waals surface area contributed by atoms with Crippen LogP contribution in [0.15, 0.2) is 4.79 Å². The summed E-state index contributed by atoms with van der Waals surface area (Å²) in [6.45, 7) is 3.47. The maximum atomic E-state index is 13.1. The van der Waals surface area contributed by atoms with E-state index in [1.54, 1.807) is 0 Å². The van der Waals surface area contributed by atoms with Gasteiger partial charge in [-0.1, -0.05) is 25.7 Å². The summed E-state index contributed by atoms with van der Waals surface area (Å²) in [5.74, 6) is 1.55. The highest BCUT2D eigenvalue weighted by Gasteiger charge is 2.25. The molecule has 0 N–H and O–H groups in total. The summed E-state index contributed by atoms with van der Waals surface area (Å²) in [5, 5.41) is 0.653. The van der Waals surface area contributed by atoms with Crippen molar-refractivity contribution >= 4 is 27.5 Å². The van der Waals surface area contributed by atoms with Crippen LogP contribution in [0.4, 0.5) is 0 Å². The van der Waals surface area contributed by atoms with Crippen LogP contribution in [0, 0.1) is 12.8 Å². The van der Waals surface area contributed by atoms with Crippen LogP contribution >= 0.6 is 11.3 Å². The molecule has 4 rings (SSSR count). The summed E-state index contributed by atoms with van der Waals surface area (Å²) in [5.41, 5.74) is 0.854. The van der Waals surface area contributed by atoms with Gasteiger partial charge in [0, 0.05) is 26.6 Å². The summed E-state index contributed by atoms with van der Waals surface area (Å²) in [6, 6.07) is 0. The molecule has 2 aromatic rings. The molecule has 0 bridgehead atoms. The van der Waals surface area contributed by atoms with E-state index < -0.39 is 0 Å². The van der Waals surface area contributed by atoms with Crippen molar-refractivity contribution in [1.82, 2.24) is 14.5 Å². The first kappa shape index (κ1) is 18.7. The molecular formula is C21H29N3O2S. The van der Waals surface area contributed by atoms with Crippen LogP contribution in [0.2, 0.25) is 0 Å². The van der Waals surface area contributed by atoms with E-state index in [-0.39, 0.29) is 11.5 Å². The normalized spacial score (nSPS) is 18.3. The third-order valence-electron chi connectivity index (χ3n) is 6.21. The Hall–Kier alpha value is -1.69. The maximum Gasteiger partial charge on any atom is 0.264 e. The molecule has 27 heavy (non-hydrogen) atoms. The minimum atomic E-state index is 0.0413. The minimum absolute atomic E-state index is 0.0413. The SMILES string of the molecule is Cc1c(C(=O)N(C)CC2CCCCC2)sc2nc3n(c(=O)c12)CCCCC3. The Balaban J connectivity index is 1.66. The molecule has 0 aromatic carbocycles. The van der Waals surface area contributed by atoms with E-state index >= 15 is 0 Å². The molecule has 5 nitrogen and oxygen atoms in total. The molecule has 0 atom stereocenters. The number of aryl methyl sites for hydroxylation is 2. The second-order valence-electron chi connectivity index (χ2n) is 8.22. The largest absolute Gasteiger partial charge is 0.341 e. The van der Waals surface area contributed by atoms with Crippen LogP contribution in [0.5, 0.6) is 0 Å². The third-order valence-corrected chi connectivity index (χ3v) is 7.38. The summed E-state index contributed by atoms with van der Waals surface area (Å²) in [6.07, 6.45) is 10.4. The van der Waals surface area contributed by atoms with Gasteiger partial charge < -0.3 is 4.90 Å². The van der Waals surface area contributed by atoms with E-state index in [2.05, 4.69) is 0 Å². The number of aromatic nitrogens is 2. The van der Waals surface area contributed by atoms with Crippen LogP contribution in [0.3, 0.4) is 0 Å². The van der Waals surface area contributed by atoms with Gasteiger partial charge >= 0.3 is 0 Å². The van der Waals surface area contributed by atoms with Gasteiger partial charge in [-0.25, -0.2) is 4.98 Å². The number of carbonyl (C=O) groups excluding carboxylic acids is 1. The van der Waals surface area contributed by atoms with E-state index in [1.807, 2.05) is 23.4 Å². The van der Waals surface area contributed by atoms with Crippen molar-refractivity contribution in [2.45, 2.75) is 71.3 Å². The molecular weight excluding hydrogens is 358 g/mol. The zero-order valence-electron chi connectivity index (χ0n) is 16.4. The smallest absolute Gasteiger partial charge is 0.264 e. The van der Waals surface area contributed by atoms with Crippen molar-refractivity contribution in [1.29, 1.82) is 0 Å². The van der Waals surface area contributed by atoms with E-state index in [4.69, 9.17) is 4.98 Å². The van der Waals surface area contributed by atoms with Gasteiger partial charge in [0.1, 0.15) is 10.7 Å². The van der Waals surface area contributed by atoms with E-state index in [9.17, 15) is 9.59 Å². The topological polar surface area (TPSA) is 55.2 Å². The van der Waals surface area contributed by atoms with Gasteiger partial charge in [0.15, 0.2) is 0 Å². The Kier molecular flexibility index (Phi) is 5.35. The van der Waals surface area contributed by atoms with Crippen molar-refractivity contribution in [2.75, 3.05) is 13.6 Å². The predicted octanol–water partition coefficient (Wildman–Crippen LogP) is 4.15. The molecule has 0 saturated heterocycles. The fourth-order valence-corrected chi connectivity index (χ4v) is 5.81. The summed E-state index contributed by atoms with van der Waals surface area (Å²) >= 11 is 1.40. The molecule has 1 aliphatic heterocycles. The molecule has 3 heterocycles. The fourth-order valence-electron chi connectivity index (χ4n) is 4.63. The summed E-state index contributed by atoms with van der Waals surface area (Å²) in [7, 11) is 1.90. The van der Waals surface area contributed by atoms with Crippen LogP contribution in [0.25, 0.3) is 10.2 Å². The Labute approximate surface area is 164 Å². The molecule has 146 valence electrons. The number of rotatable bonds is 3. The molecule has 0 unspecified atom stereocenters. The average Bonchev–Trinajstić information content (AvgIpc) is 2.84. The van der Waals surface area contributed by atoms with Crippen LogP contribution in [0.1, 0.15) is 72.4 Å². The lowest BCUT2D eigenvalue weighted by Gasteiger charge is -2.26. The standard InChI is InChI=1S/C21H29N3O2S/c1-14-17-19(22-16-11-7-4-8-12-24(16)20(17)25)27-18(14)21(26)23(2)13-15-9-5-3-6-10-15/h15H,3-13H2,1-2H3. The quantitative estimate of drug-likeness (QED) is 0.795. The number of nitrogens with zero attached hydrogens (tertiary/aromatic N) is 3. The second kappa shape index (κ2) is 7.74. The minimum Gasteiger partial charge on any atom is -0.341 e. The lowest BCUT2D eigenvalue weighted by molar-refractivity contribution is 0.0765. The van der Waals surface area contributed by atoms with Gasteiger partial charge in [-0.3, -0.25) is 14.2 Å². The van der Waals surface area contributed by atoms with Crippen molar-refractivity contribution in [3.8, 4) is 0 Å². The Bertz CT molecular complexity index is 908. The summed E-state index contributed by atoms with van der Waals surface area (Å²) < 4.78 is 1.84. The Morgan fingerprint density at radius 3 is 2.70 bits per heavy atom. The van der Waals surface area contributed by atoms with Crippen molar-refractivity contribution < 1.29 is 4.79 Å². The number of carbonyl (C=O) groups is 1. The fraction of sp³-hybridized carbons (Fsp3) is 0.667. The first-order chi connectivity index (χ1) is 13.1. The number of fused-ring (bicyclic) bond motifs is 2. The van der Waals surface area contributed by atoms with Crippen LogP contribution < -0.4 is 5.56 Å². The van der Waals surface area contributed by atoms with Gasteiger partial charge in [-0.05, 0) is 44.1 Å². The van der Waals surface area contributed by atoms with Crippen molar-refractivity contribution in [3.05, 3.63) is 26.6 Å². The Morgan fingerprint density at radius 2 is 1.93 bits per heavy atom. The third kappa shape index (κ3) is 3.56. The number of amides is 1. The Morgan fingerprint density at radius 1 is 1.19 bits per heavy atom. The molecule has 2 aliphatic rings. The molecule has 2 aromatic heterocycles. The molecule has 1 saturated carbocycles. The van der Waals surface area contributed by atoms with E-state index in [1.165, 1.54) is 43.4 Å². The summed E-state index contributed by atoms with van der Waals surface area (Å²) in [4.78, 5) is 34.2. The molecule has 1 amide bonds. The first-order valence-electron chi connectivity index (χ1n) is 10.3. The van der Waals surface area contributed by atoms with Crippen LogP contribution in [-0.4, -0.2) is 34.0 Å². The highest BCUT2D eigenvalue weighted by atomic mass is 32.1. The van der Waals surface area contributed by atoms with E-state index in [0.717, 1.165) is 55.0 Å². The van der Waals surface area contributed by atoms with E-state index in [0.29, 0.717) is 16.2 Å². The average molecular weight is 388 g/mol. The highest BCUT2D eigenvalue weighted by molar-refractivity contribution is 7.20. The number of hydrogen-bond donors (Lipinski definition) is 0. The lowest BCUT2D eigenvalue weighted by Crippen LogP contribution is -2.32. The second-order valence-corrected chi connectivity index (χ2v) is 9.22. The van der Waals surface area contributed by atoms with Crippen molar-refractivity contribution in [3.63, 3.8) is 0 Å². The maximum absolute atomic E-state index is 13.1. The van der Waals surface area contributed by atoms with Crippen molar-refractivity contribution in [2.24, 2.45) is 5.92 Å². The molecule has 0 radical (unpaired) electrons. The van der Waals surface area contributed by atoms with Gasteiger partial charge in [0.2, 0.25) is 0 Å². The first-order valence-corrected chi connectivity index (χ1v) is 11.2. The molecule has 0 spiro atoms. The number of hydrogen-bond acceptors (Lipinski definition) is 4. The highest BCUT2D eigenvalue weighted by Crippen LogP contribution is 2.30. The zero-order valence-corrected chi connectivity index (χ0v) is 17.2. The van der Waals surface area contributed by atoms with Crippen LogP contribution in [-0.2, 0) is 13.0 Å². The predicted molar refractivity (Wildman–Crippen MR) is 110 cm³/mol. The van der Waals surface area contributed by atoms with Gasteiger partial charge in [0.05, 0.1) is 10.3 Å². The number of thiophene rings is 1. The molecule has 6 heteroatoms. The van der Waals surface area contributed by atoms with Gasteiger partial charge in [-0.15, -0.1) is 11.3 Å². The molecule has 1 fully saturated rings. The zero-order chi connectivity index (χ0) is 19.0. The molecule has 1 aliphatic carbocycles. The monoisotopic (exact) mass is 387 g/mol.